The molecule has 5 atom stereocenters. The van der Waals surface area contributed by atoms with Crippen molar-refractivity contribution >= 4 is 34.6 Å². The van der Waals surface area contributed by atoms with Crippen molar-refractivity contribution in [3.63, 3.8) is 0 Å². The minimum Gasteiger partial charge on any atom is -0.492 e. The molecular formula is C55H71F3N6O6S. The molecule has 2 aliphatic heterocycles. The molecule has 3 aromatic carbocycles. The number of unbranched alkanes of at least 4 members (excludes halogenated alkanes) is 2. The molecule has 7 rings (SSSR count). The molecule has 0 spiro atoms. The Balaban J connectivity index is 0.818. The average Bonchev–Trinajstić information content (AvgIpc) is 4.03. The van der Waals surface area contributed by atoms with E-state index in [9.17, 15) is 19.5 Å². The van der Waals surface area contributed by atoms with E-state index in [2.05, 4.69) is 26.6 Å². The second-order valence-corrected chi connectivity index (χ2v) is 22.0. The third kappa shape index (κ3) is 13.5. The molecule has 4 aromatic rings. The maximum atomic E-state index is 16.1. The van der Waals surface area contributed by atoms with E-state index in [1.165, 1.54) is 30.9 Å². The lowest BCUT2D eigenvalue weighted by atomic mass is 9.84. The first-order chi connectivity index (χ1) is 33.7. The van der Waals surface area contributed by atoms with Crippen LogP contribution in [0, 0.1) is 24.0 Å². The number of halogens is 3. The fraction of sp³-hybridized carbons (Fsp3) is 0.527. The molecule has 1 aromatic heterocycles. The molecule has 3 aliphatic rings. The Morgan fingerprint density at radius 2 is 1.70 bits per heavy atom. The third-order valence-electron chi connectivity index (χ3n) is 13.7. The Bertz CT molecular complexity index is 2520. The van der Waals surface area contributed by atoms with Crippen molar-refractivity contribution in [3.8, 4) is 16.2 Å². The predicted molar refractivity (Wildman–Crippen MR) is 271 cm³/mol. The molecule has 384 valence electrons. The Morgan fingerprint density at radius 3 is 2.38 bits per heavy atom. The number of β-amino-alcohol motifs (C(OH)–C–C–N with tert-alkyl or cyclic N) is 1. The van der Waals surface area contributed by atoms with Crippen molar-refractivity contribution in [2.45, 2.75) is 129 Å². The smallest absolute Gasteiger partial charge is 0.246 e. The summed E-state index contributed by atoms with van der Waals surface area (Å²) in [5, 5.41) is 16.3. The number of hydrogen-bond acceptors (Lipinski definition) is 10. The summed E-state index contributed by atoms with van der Waals surface area (Å²) >= 11 is 1.57. The van der Waals surface area contributed by atoms with Crippen LogP contribution >= 0.6 is 11.3 Å². The summed E-state index contributed by atoms with van der Waals surface area (Å²) in [6, 6.07) is 15.7. The highest BCUT2D eigenvalue weighted by molar-refractivity contribution is 7.13. The zero-order valence-electron chi connectivity index (χ0n) is 42.5. The Morgan fingerprint density at radius 1 is 0.986 bits per heavy atom. The Kier molecular flexibility index (Phi) is 17.5. The summed E-state index contributed by atoms with van der Waals surface area (Å²) in [5.74, 6) is -2.60. The zero-order valence-corrected chi connectivity index (χ0v) is 43.3. The average molecular weight is 1000 g/mol. The van der Waals surface area contributed by atoms with Crippen molar-refractivity contribution in [3.05, 3.63) is 111 Å². The van der Waals surface area contributed by atoms with E-state index >= 15 is 13.2 Å². The minimum atomic E-state index is -1.57. The summed E-state index contributed by atoms with van der Waals surface area (Å²) in [7, 11) is 1.94. The first-order valence-electron chi connectivity index (χ1n) is 24.9. The second-order valence-electron chi connectivity index (χ2n) is 21.2. The maximum absolute atomic E-state index is 16.1. The van der Waals surface area contributed by atoms with Crippen LogP contribution in [0.1, 0.15) is 108 Å². The number of aliphatic hydroxyl groups is 1. The van der Waals surface area contributed by atoms with Crippen molar-refractivity contribution in [1.29, 1.82) is 0 Å². The van der Waals surface area contributed by atoms with Gasteiger partial charge in [0.2, 0.25) is 17.7 Å². The van der Waals surface area contributed by atoms with Crippen LogP contribution in [0.2, 0.25) is 0 Å². The Labute approximate surface area is 421 Å². The summed E-state index contributed by atoms with van der Waals surface area (Å²) in [6.45, 7) is 14.3. The lowest BCUT2D eigenvalue weighted by Crippen LogP contribution is -2.58. The zero-order chi connectivity index (χ0) is 51.2. The molecule has 1 fully saturated rings. The van der Waals surface area contributed by atoms with E-state index < -0.39 is 58.8 Å². The predicted octanol–water partition coefficient (Wildman–Crippen LogP) is 8.60. The van der Waals surface area contributed by atoms with Gasteiger partial charge in [-0.05, 0) is 112 Å². The number of hydrogen-bond donors (Lipinski definition) is 3. The number of fused-ring (bicyclic) bond motifs is 2. The number of aryl methyl sites for hydroxylation is 1. The molecule has 1 aliphatic carbocycles. The largest absolute Gasteiger partial charge is 0.492 e. The monoisotopic (exact) mass is 1000 g/mol. The van der Waals surface area contributed by atoms with E-state index in [4.69, 9.17) is 9.47 Å². The van der Waals surface area contributed by atoms with Gasteiger partial charge in [0, 0.05) is 62.9 Å². The number of benzene rings is 3. The number of likely N-dealkylation sites (N-methyl/N-ethyl adjacent to an activating group) is 1. The summed E-state index contributed by atoms with van der Waals surface area (Å²) < 4.78 is 59.0. The van der Waals surface area contributed by atoms with Gasteiger partial charge in [-0.2, -0.15) is 0 Å². The number of carbonyl (C=O) groups excluding carboxylic acids is 3. The maximum Gasteiger partial charge on any atom is 0.246 e. The van der Waals surface area contributed by atoms with Gasteiger partial charge in [0.1, 0.15) is 48.4 Å². The van der Waals surface area contributed by atoms with Gasteiger partial charge < -0.3 is 35.0 Å². The first kappa shape index (κ1) is 53.7. The standard InChI is InChI=1S/C55H71F3N6O6S/c1-34-24-42-41-15-11-10-14-38(41)25-43(42)49(64(34)32-55(6,7)58)48-44(56)27-40(28-45(48)57)70-23-21-62(8)20-12-9-13-22-69-31-47(66)61-51(54(3,4)5)53(68)63-30-39(65)26-46(63)52(67)59-29-36-16-18-37(19-17-36)50-35(2)60-33-71-50/h10-11,14-19,27-28,33-34,39,46,49,51,65H,9,12-13,20-26,29-32H2,1-8H3,(H,59,67)(H,61,66)/t34-,39-,46+,49+,51-/m1/s1. The number of alkyl halides is 1. The molecule has 12 nitrogen and oxygen atoms in total. The molecule has 3 amide bonds. The van der Waals surface area contributed by atoms with E-state index in [1.54, 1.807) is 11.3 Å². The van der Waals surface area contributed by atoms with Gasteiger partial charge in [-0.25, -0.2) is 18.2 Å². The van der Waals surface area contributed by atoms with Gasteiger partial charge in [-0.15, -0.1) is 11.3 Å². The number of nitrogens with one attached hydrogen (secondary N) is 2. The van der Waals surface area contributed by atoms with Crippen molar-refractivity contribution in [2.75, 3.05) is 53.0 Å². The summed E-state index contributed by atoms with van der Waals surface area (Å²) in [4.78, 5) is 51.3. The van der Waals surface area contributed by atoms with E-state index in [0.717, 1.165) is 63.4 Å². The van der Waals surface area contributed by atoms with Crippen LogP contribution in [0.5, 0.6) is 5.75 Å². The molecule has 0 saturated carbocycles. The highest BCUT2D eigenvalue weighted by atomic mass is 32.1. The number of aliphatic hydroxyl groups excluding tert-OH is 1. The highest BCUT2D eigenvalue weighted by Gasteiger charge is 2.45. The normalized spacial score (nSPS) is 19.8. The van der Waals surface area contributed by atoms with Crippen LogP contribution < -0.4 is 15.4 Å². The van der Waals surface area contributed by atoms with Gasteiger partial charge >= 0.3 is 0 Å². The molecule has 0 unspecified atom stereocenters. The van der Waals surface area contributed by atoms with Crippen molar-refractivity contribution in [2.24, 2.45) is 5.41 Å². The van der Waals surface area contributed by atoms with Crippen molar-refractivity contribution < 1.29 is 42.1 Å². The molecular weight excluding hydrogens is 930 g/mol. The minimum absolute atomic E-state index is 0.0210. The van der Waals surface area contributed by atoms with E-state index in [0.29, 0.717) is 32.4 Å². The summed E-state index contributed by atoms with van der Waals surface area (Å²) in [6.07, 6.45) is 2.82. The lowest BCUT2D eigenvalue weighted by Gasteiger charge is -2.44. The molecule has 3 N–H and O–H groups in total. The van der Waals surface area contributed by atoms with Gasteiger partial charge in [0.05, 0.1) is 28.2 Å². The number of rotatable bonds is 21. The highest BCUT2D eigenvalue weighted by Crippen LogP contribution is 2.50. The fourth-order valence-electron chi connectivity index (χ4n) is 10.1. The topological polar surface area (TPSA) is 137 Å². The number of nitrogens with zero attached hydrogens (tertiary/aromatic N) is 4. The fourth-order valence-corrected chi connectivity index (χ4v) is 10.9. The van der Waals surface area contributed by atoms with Crippen LogP contribution in [0.4, 0.5) is 13.2 Å². The van der Waals surface area contributed by atoms with Crippen LogP contribution in [0.25, 0.3) is 16.0 Å². The number of aromatic nitrogens is 1. The molecule has 71 heavy (non-hydrogen) atoms. The van der Waals surface area contributed by atoms with Gasteiger partial charge in [0.15, 0.2) is 0 Å². The molecule has 0 bridgehead atoms. The third-order valence-corrected chi connectivity index (χ3v) is 14.7. The van der Waals surface area contributed by atoms with Crippen LogP contribution in [-0.2, 0) is 32.1 Å². The van der Waals surface area contributed by atoms with E-state index in [1.807, 2.05) is 94.5 Å². The number of carbonyl (C=O) groups is 3. The molecule has 3 heterocycles. The van der Waals surface area contributed by atoms with Gasteiger partial charge in [0.25, 0.3) is 0 Å². The molecule has 1 saturated heterocycles. The number of amides is 3. The Hall–Kier alpha value is -5.13. The molecule has 16 heteroatoms. The molecule has 0 radical (unpaired) electrons. The second kappa shape index (κ2) is 23.2. The van der Waals surface area contributed by atoms with Crippen molar-refractivity contribution in [1.82, 2.24) is 30.3 Å². The summed E-state index contributed by atoms with van der Waals surface area (Å²) in [5.41, 5.74) is 6.60. The first-order valence-corrected chi connectivity index (χ1v) is 25.7. The van der Waals surface area contributed by atoms with Crippen LogP contribution in [0.15, 0.2) is 71.7 Å². The number of likely N-dealkylation sites (tertiary alicyclic amines) is 1. The van der Waals surface area contributed by atoms with Crippen LogP contribution in [-0.4, -0.2) is 125 Å². The van der Waals surface area contributed by atoms with Gasteiger partial charge in [-0.3, -0.25) is 19.3 Å². The quantitative estimate of drug-likeness (QED) is 0.0702. The van der Waals surface area contributed by atoms with E-state index in [-0.39, 0.29) is 62.5 Å². The number of thiazole rings is 1. The SMILES string of the molecule is Cc1ncsc1-c1ccc(CNC(=O)[C@@H]2C[C@@H](O)CN2C(=O)[C@@H](NC(=O)COCCCCCN(C)CCOc2cc(F)c([C@@H]3C4=C(C[C@@H](C)N3CC(C)(C)F)c3ccccc3C4)c(F)c2)C(C)(C)C)cc1. The number of ether oxygens (including phenoxy) is 2. The van der Waals surface area contributed by atoms with Gasteiger partial charge in [-0.1, -0.05) is 69.3 Å². The lowest BCUT2D eigenvalue weighted by molar-refractivity contribution is -0.144. The van der Waals surface area contributed by atoms with Crippen LogP contribution in [0.3, 0.4) is 0 Å².